The Morgan fingerprint density at radius 1 is 1.10 bits per heavy atom. The highest BCUT2D eigenvalue weighted by Gasteiger charge is 2.56. The molecule has 1 aliphatic carbocycles. The van der Waals surface area contributed by atoms with E-state index in [1.165, 1.54) is 19.9 Å². The van der Waals surface area contributed by atoms with Crippen molar-refractivity contribution in [3.05, 3.63) is 69.9 Å². The van der Waals surface area contributed by atoms with Crippen LogP contribution in [0.2, 0.25) is 0 Å². The van der Waals surface area contributed by atoms with Gasteiger partial charge in [0.2, 0.25) is 0 Å². The van der Waals surface area contributed by atoms with Crippen LogP contribution in [0.1, 0.15) is 67.3 Å². The van der Waals surface area contributed by atoms with Gasteiger partial charge in [0.25, 0.3) is 0 Å². The highest BCUT2D eigenvalue weighted by atomic mass is 16.5. The summed E-state index contributed by atoms with van der Waals surface area (Å²) < 4.78 is 7.93. The van der Waals surface area contributed by atoms with Crippen molar-refractivity contribution in [3.8, 4) is 17.2 Å². The average Bonchev–Trinajstić information content (AvgIpc) is 3.39. The number of para-hydroxylation sites is 2. The smallest absolute Gasteiger partial charge is 0.194 e. The van der Waals surface area contributed by atoms with Gasteiger partial charge in [0.05, 0.1) is 22.2 Å². The molecule has 0 saturated carbocycles. The Morgan fingerprint density at radius 3 is 2.52 bits per heavy atom. The summed E-state index contributed by atoms with van der Waals surface area (Å²) in [5.74, 6) is -1.29. The zero-order valence-electron chi connectivity index (χ0n) is 23.3. The Hall–Kier alpha value is -4.40. The normalized spacial score (nSPS) is 19.3. The van der Waals surface area contributed by atoms with E-state index in [0.717, 1.165) is 42.5 Å². The molecule has 2 heterocycles. The number of carbonyl (C=O) groups is 3. The molecule has 0 spiro atoms. The first-order valence-corrected chi connectivity index (χ1v) is 13.4. The molecule has 1 aliphatic heterocycles. The number of unbranched alkanes of at least 4 members (excludes halogenated alkanes) is 2. The number of fused-ring (bicyclic) bond motifs is 4. The predicted octanol–water partition coefficient (Wildman–Crippen LogP) is 4.46. The van der Waals surface area contributed by atoms with Crippen molar-refractivity contribution >= 4 is 28.4 Å². The first-order valence-electron chi connectivity index (χ1n) is 13.4. The zero-order chi connectivity index (χ0) is 28.9. The second-order valence-corrected chi connectivity index (χ2v) is 10.7. The number of allylic oxidation sites excluding steroid dienone is 4. The fraction of sp³-hybridized carbons (Fsp3) is 0.355. The van der Waals surface area contributed by atoms with Crippen LogP contribution in [0, 0.1) is 6.92 Å². The summed E-state index contributed by atoms with van der Waals surface area (Å²) in [7, 11) is 2.03. The quantitative estimate of drug-likeness (QED) is 0.164. The maximum absolute atomic E-state index is 13.9. The average molecular weight is 544 g/mol. The molecule has 0 saturated heterocycles. The molecule has 2 aromatic carbocycles. The number of aromatic hydroxyl groups is 2. The molecule has 1 aromatic heterocycles. The molecule has 3 N–H and O–H groups in total. The standard InChI is InChI=1S/C31H33N3O6/c1-16-27(37)25(18(3)35)29-26(28(16)38)31(4)22(40-29)15-21(36)24(30(31)39)17(2)32-14-10-6-7-13-23-33-19-11-8-9-12-20(19)34(23)5/h8-9,11-12,15,32,37-38H,6-7,10,13-14H2,1-5H3/t31-/m0/s1. The van der Waals surface area contributed by atoms with Gasteiger partial charge in [-0.2, -0.15) is 0 Å². The number of carbonyl (C=O) groups excluding carboxylic acids is 3. The molecule has 40 heavy (non-hydrogen) atoms. The summed E-state index contributed by atoms with van der Waals surface area (Å²) in [6, 6.07) is 8.06. The number of phenolic OH excluding ortho intramolecular Hbond substituents is 2. The highest BCUT2D eigenvalue weighted by Crippen LogP contribution is 2.57. The minimum Gasteiger partial charge on any atom is -0.507 e. The number of nitrogens with zero attached hydrogens (tertiary/aromatic N) is 2. The minimum atomic E-state index is -1.51. The molecule has 0 unspecified atom stereocenters. The van der Waals surface area contributed by atoms with Crippen LogP contribution < -0.4 is 10.1 Å². The third kappa shape index (κ3) is 4.08. The first kappa shape index (κ1) is 27.2. The van der Waals surface area contributed by atoms with Crippen LogP contribution in [0.3, 0.4) is 0 Å². The fourth-order valence-electron chi connectivity index (χ4n) is 5.73. The number of aromatic nitrogens is 2. The number of hydrogen-bond donors (Lipinski definition) is 3. The molecule has 2 aliphatic rings. The van der Waals surface area contributed by atoms with Gasteiger partial charge in [-0.05, 0) is 52.7 Å². The highest BCUT2D eigenvalue weighted by molar-refractivity contribution is 6.31. The lowest BCUT2D eigenvalue weighted by molar-refractivity contribution is -0.123. The Labute approximate surface area is 232 Å². The maximum Gasteiger partial charge on any atom is 0.194 e. The lowest BCUT2D eigenvalue weighted by atomic mass is 9.70. The summed E-state index contributed by atoms with van der Waals surface area (Å²) >= 11 is 0. The number of nitrogens with one attached hydrogen (secondary N) is 1. The van der Waals surface area contributed by atoms with Crippen LogP contribution in [0.4, 0.5) is 0 Å². The van der Waals surface area contributed by atoms with E-state index >= 15 is 0 Å². The topological polar surface area (TPSA) is 131 Å². The molecule has 0 fully saturated rings. The van der Waals surface area contributed by atoms with Crippen LogP contribution in [-0.2, 0) is 28.5 Å². The molecule has 5 rings (SSSR count). The number of Topliss-reactive ketones (excluding diaryl/α,β-unsaturated/α-hetero) is 2. The van der Waals surface area contributed by atoms with Gasteiger partial charge in [0.1, 0.15) is 39.8 Å². The van der Waals surface area contributed by atoms with E-state index in [1.807, 2.05) is 25.2 Å². The van der Waals surface area contributed by atoms with E-state index in [0.29, 0.717) is 12.2 Å². The Kier molecular flexibility index (Phi) is 6.77. The van der Waals surface area contributed by atoms with Gasteiger partial charge < -0.3 is 24.8 Å². The van der Waals surface area contributed by atoms with Crippen molar-refractivity contribution in [3.63, 3.8) is 0 Å². The van der Waals surface area contributed by atoms with E-state index in [2.05, 4.69) is 16.0 Å². The van der Waals surface area contributed by atoms with Gasteiger partial charge in [0.15, 0.2) is 17.3 Å². The number of rotatable bonds is 8. The van der Waals surface area contributed by atoms with E-state index < -0.39 is 28.5 Å². The van der Waals surface area contributed by atoms with Gasteiger partial charge >= 0.3 is 0 Å². The van der Waals surface area contributed by atoms with E-state index in [1.54, 1.807) is 13.8 Å². The number of benzene rings is 2. The second-order valence-electron chi connectivity index (χ2n) is 10.7. The molecule has 1 atom stereocenters. The van der Waals surface area contributed by atoms with Crippen molar-refractivity contribution in [2.75, 3.05) is 6.54 Å². The van der Waals surface area contributed by atoms with Crippen LogP contribution in [0.25, 0.3) is 11.0 Å². The van der Waals surface area contributed by atoms with Crippen molar-refractivity contribution in [2.24, 2.45) is 7.05 Å². The number of ether oxygens (including phenoxy) is 1. The predicted molar refractivity (Wildman–Crippen MR) is 150 cm³/mol. The van der Waals surface area contributed by atoms with Gasteiger partial charge in [0, 0.05) is 37.3 Å². The largest absolute Gasteiger partial charge is 0.507 e. The molecule has 0 radical (unpaired) electrons. The molecule has 0 bridgehead atoms. The van der Waals surface area contributed by atoms with Crippen molar-refractivity contribution in [2.45, 2.75) is 58.8 Å². The zero-order valence-corrected chi connectivity index (χ0v) is 23.3. The summed E-state index contributed by atoms with van der Waals surface area (Å²) in [5.41, 5.74) is 1.05. The van der Waals surface area contributed by atoms with E-state index in [4.69, 9.17) is 9.72 Å². The van der Waals surface area contributed by atoms with Gasteiger partial charge in [-0.15, -0.1) is 0 Å². The van der Waals surface area contributed by atoms with Gasteiger partial charge in [-0.3, -0.25) is 14.4 Å². The number of ketones is 3. The minimum absolute atomic E-state index is 0.0168. The number of imidazole rings is 1. The summed E-state index contributed by atoms with van der Waals surface area (Å²) in [4.78, 5) is 44.0. The molecular weight excluding hydrogens is 510 g/mol. The third-order valence-electron chi connectivity index (χ3n) is 8.11. The lowest BCUT2D eigenvalue weighted by Gasteiger charge is -2.29. The second kappa shape index (κ2) is 9.97. The van der Waals surface area contributed by atoms with Crippen LogP contribution in [0.15, 0.2) is 47.4 Å². The monoisotopic (exact) mass is 543 g/mol. The lowest BCUT2D eigenvalue weighted by Crippen LogP contribution is -2.41. The van der Waals surface area contributed by atoms with Crippen LogP contribution in [-0.4, -0.2) is 43.7 Å². The van der Waals surface area contributed by atoms with Gasteiger partial charge in [-0.25, -0.2) is 4.98 Å². The van der Waals surface area contributed by atoms with Crippen molar-refractivity contribution < 1.29 is 29.3 Å². The van der Waals surface area contributed by atoms with Crippen LogP contribution >= 0.6 is 0 Å². The fourth-order valence-corrected chi connectivity index (χ4v) is 5.73. The molecular formula is C31H33N3O6. The number of aryl methyl sites for hydroxylation is 2. The Morgan fingerprint density at radius 2 is 1.82 bits per heavy atom. The van der Waals surface area contributed by atoms with E-state index in [-0.39, 0.29) is 39.5 Å². The van der Waals surface area contributed by atoms with Crippen molar-refractivity contribution in [1.29, 1.82) is 0 Å². The first-order chi connectivity index (χ1) is 19.0. The Balaban J connectivity index is 1.30. The molecule has 0 amide bonds. The van der Waals surface area contributed by atoms with Gasteiger partial charge in [-0.1, -0.05) is 18.6 Å². The molecule has 3 aromatic rings. The summed E-state index contributed by atoms with van der Waals surface area (Å²) in [5, 5.41) is 24.7. The summed E-state index contributed by atoms with van der Waals surface area (Å²) in [6.45, 7) is 6.55. The summed E-state index contributed by atoms with van der Waals surface area (Å²) in [6.07, 6.45) is 4.81. The van der Waals surface area contributed by atoms with Crippen LogP contribution in [0.5, 0.6) is 17.2 Å². The number of phenols is 2. The number of hydrogen-bond acceptors (Lipinski definition) is 8. The Bertz CT molecular complexity index is 1660. The molecule has 9 nitrogen and oxygen atoms in total. The SMILES string of the molecule is CC(=O)c1c(O)c(C)c(O)c2c1OC1=CC(=O)C(=C(C)NCCCCCc3nc4ccccc4n3C)C(=O)[C@@]12C. The molecule has 208 valence electrons. The third-order valence-corrected chi connectivity index (χ3v) is 8.11. The van der Waals surface area contributed by atoms with Crippen molar-refractivity contribution in [1.82, 2.24) is 14.9 Å². The van der Waals surface area contributed by atoms with E-state index in [9.17, 15) is 24.6 Å². The maximum atomic E-state index is 13.9. The molecule has 9 heteroatoms.